The van der Waals surface area contributed by atoms with E-state index in [0.29, 0.717) is 10.9 Å². The molecule has 0 fully saturated rings. The quantitative estimate of drug-likeness (QED) is 0.702. The van der Waals surface area contributed by atoms with Gasteiger partial charge in [-0.05, 0) is 42.0 Å². The van der Waals surface area contributed by atoms with Crippen LogP contribution in [0.3, 0.4) is 0 Å². The van der Waals surface area contributed by atoms with Crippen LogP contribution >= 0.6 is 11.6 Å². The van der Waals surface area contributed by atoms with Crippen molar-refractivity contribution in [3.05, 3.63) is 58.9 Å². The molecule has 3 aromatic rings. The number of benzene rings is 2. The molecule has 0 radical (unpaired) electrons. The summed E-state index contributed by atoms with van der Waals surface area (Å²) in [5, 5.41) is 0.647. The normalized spacial score (nSPS) is 11.3. The Kier molecular flexibility index (Phi) is 3.44. The van der Waals surface area contributed by atoms with Gasteiger partial charge in [-0.15, -0.1) is 0 Å². The lowest BCUT2D eigenvalue weighted by Gasteiger charge is -1.99. The minimum absolute atomic E-state index is 0.546. The van der Waals surface area contributed by atoms with Crippen LogP contribution in [0.5, 0.6) is 5.75 Å². The van der Waals surface area contributed by atoms with Gasteiger partial charge in [-0.3, -0.25) is 0 Å². The average molecular weight is 286 g/mol. The largest absolute Gasteiger partial charge is 0.497 e. The SMILES string of the molecule is COc1cccc(/C=C\c2nc3cc(Cl)ccc3o2)c1. The van der Waals surface area contributed by atoms with Crippen molar-refractivity contribution in [3.8, 4) is 5.75 Å². The molecule has 1 heterocycles. The van der Waals surface area contributed by atoms with Crippen LogP contribution in [0.2, 0.25) is 5.02 Å². The molecule has 0 aliphatic rings. The lowest BCUT2D eigenvalue weighted by atomic mass is 10.2. The number of fused-ring (bicyclic) bond motifs is 1. The summed E-state index contributed by atoms with van der Waals surface area (Å²) < 4.78 is 10.8. The number of methoxy groups -OCH3 is 1. The number of hydrogen-bond donors (Lipinski definition) is 0. The molecule has 0 aliphatic carbocycles. The molecule has 4 heteroatoms. The van der Waals surface area contributed by atoms with Crippen molar-refractivity contribution in [2.45, 2.75) is 0 Å². The van der Waals surface area contributed by atoms with Crippen LogP contribution in [0.4, 0.5) is 0 Å². The van der Waals surface area contributed by atoms with E-state index in [1.54, 1.807) is 19.2 Å². The molecular formula is C16H12ClNO2. The molecule has 0 N–H and O–H groups in total. The maximum Gasteiger partial charge on any atom is 0.220 e. The maximum absolute atomic E-state index is 5.92. The molecule has 2 aromatic carbocycles. The van der Waals surface area contributed by atoms with Gasteiger partial charge in [-0.1, -0.05) is 23.7 Å². The molecule has 0 atom stereocenters. The van der Waals surface area contributed by atoms with Gasteiger partial charge >= 0.3 is 0 Å². The second kappa shape index (κ2) is 5.39. The molecule has 0 amide bonds. The van der Waals surface area contributed by atoms with Crippen LogP contribution in [-0.4, -0.2) is 12.1 Å². The fourth-order valence-electron chi connectivity index (χ4n) is 1.90. The third kappa shape index (κ3) is 2.68. The van der Waals surface area contributed by atoms with E-state index < -0.39 is 0 Å². The van der Waals surface area contributed by atoms with E-state index >= 15 is 0 Å². The Labute approximate surface area is 121 Å². The first kappa shape index (κ1) is 12.8. The van der Waals surface area contributed by atoms with Crippen LogP contribution in [-0.2, 0) is 0 Å². The predicted molar refractivity (Wildman–Crippen MR) is 80.9 cm³/mol. The van der Waals surface area contributed by atoms with Crippen molar-refractivity contribution in [1.29, 1.82) is 0 Å². The summed E-state index contributed by atoms with van der Waals surface area (Å²) in [7, 11) is 1.65. The second-order valence-corrected chi connectivity index (χ2v) is 4.71. The van der Waals surface area contributed by atoms with Crippen molar-refractivity contribution >= 4 is 34.9 Å². The van der Waals surface area contributed by atoms with Crippen LogP contribution in [0, 0.1) is 0 Å². The van der Waals surface area contributed by atoms with Crippen molar-refractivity contribution in [1.82, 2.24) is 4.98 Å². The summed E-state index contributed by atoms with van der Waals surface area (Å²) in [6.07, 6.45) is 3.75. The second-order valence-electron chi connectivity index (χ2n) is 4.27. The van der Waals surface area contributed by atoms with E-state index in [4.69, 9.17) is 20.8 Å². The van der Waals surface area contributed by atoms with Gasteiger partial charge in [0.2, 0.25) is 5.89 Å². The van der Waals surface area contributed by atoms with E-state index in [1.807, 2.05) is 42.5 Å². The fraction of sp³-hybridized carbons (Fsp3) is 0.0625. The monoisotopic (exact) mass is 285 g/mol. The summed E-state index contributed by atoms with van der Waals surface area (Å²) in [6, 6.07) is 13.1. The molecule has 0 bridgehead atoms. The summed E-state index contributed by atoms with van der Waals surface area (Å²) in [6.45, 7) is 0. The number of ether oxygens (including phenoxy) is 1. The minimum Gasteiger partial charge on any atom is -0.497 e. The molecule has 0 aliphatic heterocycles. The first-order valence-corrected chi connectivity index (χ1v) is 6.50. The molecule has 100 valence electrons. The molecule has 20 heavy (non-hydrogen) atoms. The highest BCUT2D eigenvalue weighted by atomic mass is 35.5. The number of rotatable bonds is 3. The van der Waals surface area contributed by atoms with E-state index in [0.717, 1.165) is 22.4 Å². The third-order valence-electron chi connectivity index (χ3n) is 2.88. The van der Waals surface area contributed by atoms with Crippen LogP contribution in [0.25, 0.3) is 23.3 Å². The lowest BCUT2D eigenvalue weighted by Crippen LogP contribution is -1.82. The first-order valence-electron chi connectivity index (χ1n) is 6.13. The summed E-state index contributed by atoms with van der Waals surface area (Å²) in [5.74, 6) is 1.36. The third-order valence-corrected chi connectivity index (χ3v) is 3.11. The zero-order chi connectivity index (χ0) is 13.9. The number of halogens is 1. The molecule has 0 saturated heterocycles. The molecule has 1 aromatic heterocycles. The van der Waals surface area contributed by atoms with E-state index in [-0.39, 0.29) is 0 Å². The van der Waals surface area contributed by atoms with E-state index in [1.165, 1.54) is 0 Å². The highest BCUT2D eigenvalue weighted by molar-refractivity contribution is 6.31. The van der Waals surface area contributed by atoms with E-state index in [9.17, 15) is 0 Å². The number of nitrogens with zero attached hydrogens (tertiary/aromatic N) is 1. The van der Waals surface area contributed by atoms with Gasteiger partial charge in [0, 0.05) is 11.1 Å². The molecule has 0 unspecified atom stereocenters. The number of hydrogen-bond acceptors (Lipinski definition) is 3. The van der Waals surface area contributed by atoms with Gasteiger partial charge in [0.1, 0.15) is 11.3 Å². The molecule has 3 nitrogen and oxygen atoms in total. The van der Waals surface area contributed by atoms with Crippen molar-refractivity contribution < 1.29 is 9.15 Å². The van der Waals surface area contributed by atoms with Crippen LogP contribution in [0.15, 0.2) is 46.9 Å². The topological polar surface area (TPSA) is 35.3 Å². The van der Waals surface area contributed by atoms with Gasteiger partial charge in [0.05, 0.1) is 7.11 Å². The Morgan fingerprint density at radius 1 is 1.15 bits per heavy atom. The molecule has 3 rings (SSSR count). The van der Waals surface area contributed by atoms with Crippen molar-refractivity contribution in [2.75, 3.05) is 7.11 Å². The van der Waals surface area contributed by atoms with Crippen molar-refractivity contribution in [2.24, 2.45) is 0 Å². The summed E-state index contributed by atoms with van der Waals surface area (Å²) in [4.78, 5) is 4.36. The standard InChI is InChI=1S/C16H12ClNO2/c1-19-13-4-2-3-11(9-13)5-8-16-18-14-10-12(17)6-7-15(14)20-16/h2-10H,1H3/b8-5-. The van der Waals surface area contributed by atoms with Gasteiger partial charge in [-0.2, -0.15) is 0 Å². The molecule has 0 saturated carbocycles. The Morgan fingerprint density at radius 2 is 2.05 bits per heavy atom. The predicted octanol–water partition coefficient (Wildman–Crippen LogP) is 4.66. The number of oxazole rings is 1. The van der Waals surface area contributed by atoms with E-state index in [2.05, 4.69) is 4.98 Å². The summed E-state index contributed by atoms with van der Waals surface area (Å²) >= 11 is 5.92. The van der Waals surface area contributed by atoms with Crippen LogP contribution in [0.1, 0.15) is 11.5 Å². The Balaban J connectivity index is 1.89. The first-order chi connectivity index (χ1) is 9.74. The minimum atomic E-state index is 0.546. The Hall–Kier alpha value is -2.26. The zero-order valence-electron chi connectivity index (χ0n) is 10.8. The highest BCUT2D eigenvalue weighted by Gasteiger charge is 2.03. The smallest absolute Gasteiger partial charge is 0.220 e. The van der Waals surface area contributed by atoms with Crippen LogP contribution < -0.4 is 4.74 Å². The molecule has 0 spiro atoms. The van der Waals surface area contributed by atoms with Gasteiger partial charge in [-0.25, -0.2) is 4.98 Å². The number of aromatic nitrogens is 1. The van der Waals surface area contributed by atoms with Crippen molar-refractivity contribution in [3.63, 3.8) is 0 Å². The highest BCUT2D eigenvalue weighted by Crippen LogP contribution is 2.21. The fourth-order valence-corrected chi connectivity index (χ4v) is 2.07. The maximum atomic E-state index is 5.92. The Morgan fingerprint density at radius 3 is 2.90 bits per heavy atom. The van der Waals surface area contributed by atoms with Gasteiger partial charge in [0.25, 0.3) is 0 Å². The Bertz CT molecular complexity index is 777. The zero-order valence-corrected chi connectivity index (χ0v) is 11.6. The lowest BCUT2D eigenvalue weighted by molar-refractivity contribution is 0.414. The summed E-state index contributed by atoms with van der Waals surface area (Å²) in [5.41, 5.74) is 2.49. The average Bonchev–Trinajstić information content (AvgIpc) is 2.87. The van der Waals surface area contributed by atoms with Gasteiger partial charge < -0.3 is 9.15 Å². The van der Waals surface area contributed by atoms with Gasteiger partial charge in [0.15, 0.2) is 5.58 Å². The molecular weight excluding hydrogens is 274 g/mol.